The second-order valence-corrected chi connectivity index (χ2v) is 7.87. The van der Waals surface area contributed by atoms with Gasteiger partial charge in [0.25, 0.3) is 0 Å². The predicted octanol–water partition coefficient (Wildman–Crippen LogP) is 3.29. The van der Waals surface area contributed by atoms with Crippen molar-refractivity contribution in [2.24, 2.45) is 0 Å². The van der Waals surface area contributed by atoms with E-state index in [0.717, 1.165) is 28.1 Å². The van der Waals surface area contributed by atoms with E-state index in [1.54, 1.807) is 36.1 Å². The Bertz CT molecular complexity index is 1050. The highest BCUT2D eigenvalue weighted by Crippen LogP contribution is 2.40. The maximum absolute atomic E-state index is 6.17. The monoisotopic (exact) mass is 370 g/mol. The average Bonchev–Trinajstić information content (AvgIpc) is 3.34. The first-order valence-electron chi connectivity index (χ1n) is 7.99. The van der Waals surface area contributed by atoms with Crippen molar-refractivity contribution in [2.45, 2.75) is 35.9 Å². The summed E-state index contributed by atoms with van der Waals surface area (Å²) in [6, 6.07) is 3.60. The quantitative estimate of drug-likeness (QED) is 0.437. The molecule has 4 aromatic rings. The number of nitrogens with two attached hydrogens (primary N) is 1. The van der Waals surface area contributed by atoms with Gasteiger partial charge in [0.2, 0.25) is 11.0 Å². The number of hydrogen-bond acceptors (Lipinski definition) is 8. The van der Waals surface area contributed by atoms with E-state index in [1.165, 1.54) is 39.7 Å². The molecule has 7 nitrogen and oxygen atoms in total. The molecule has 0 radical (unpaired) electrons. The van der Waals surface area contributed by atoms with E-state index in [1.807, 2.05) is 0 Å². The second-order valence-electron chi connectivity index (χ2n) is 5.83. The van der Waals surface area contributed by atoms with Crippen LogP contribution in [-0.4, -0.2) is 24.8 Å². The van der Waals surface area contributed by atoms with Crippen molar-refractivity contribution in [3.8, 4) is 11.6 Å². The number of aryl methyl sites for hydroxylation is 2. The van der Waals surface area contributed by atoms with Gasteiger partial charge in [-0.25, -0.2) is 14.6 Å². The van der Waals surface area contributed by atoms with E-state index in [-0.39, 0.29) is 0 Å². The topological polar surface area (TPSA) is 95.7 Å². The fraction of sp³-hybridized carbons (Fsp3) is 0.250. The molecular weight excluding hydrogens is 356 g/mol. The first kappa shape index (κ1) is 14.9. The highest BCUT2D eigenvalue weighted by Gasteiger charge is 2.22. The maximum Gasteiger partial charge on any atom is 0.218 e. The van der Waals surface area contributed by atoms with Crippen LogP contribution in [0.3, 0.4) is 0 Å². The van der Waals surface area contributed by atoms with E-state index >= 15 is 0 Å². The molecule has 0 aromatic carbocycles. The van der Waals surface area contributed by atoms with Crippen LogP contribution in [0, 0.1) is 0 Å². The van der Waals surface area contributed by atoms with Crippen molar-refractivity contribution in [1.29, 1.82) is 0 Å². The van der Waals surface area contributed by atoms with E-state index in [2.05, 4.69) is 20.2 Å². The Balaban J connectivity index is 1.58. The highest BCUT2D eigenvalue weighted by molar-refractivity contribution is 7.99. The van der Waals surface area contributed by atoms with Crippen LogP contribution in [-0.2, 0) is 12.8 Å². The van der Waals surface area contributed by atoms with Gasteiger partial charge in [0.15, 0.2) is 5.76 Å². The standard InChI is InChI=1S/C16H14N6OS2/c17-22-13(10-5-3-7-23-10)20-21-16(22)25-15-12-9-4-1-2-6-11(9)24-14(12)18-8-19-15/h3,5,7-8H,1-2,4,6,17H2. The molecule has 2 N–H and O–H groups in total. The molecule has 0 spiro atoms. The number of nitrogen functional groups attached to an aromatic ring is 1. The molecule has 4 aromatic heterocycles. The average molecular weight is 370 g/mol. The molecule has 4 heterocycles. The van der Waals surface area contributed by atoms with E-state index in [4.69, 9.17) is 10.3 Å². The summed E-state index contributed by atoms with van der Waals surface area (Å²) in [4.78, 5) is 11.4. The molecule has 0 saturated carbocycles. The molecule has 0 atom stereocenters. The number of thiophene rings is 1. The van der Waals surface area contributed by atoms with Crippen molar-refractivity contribution in [2.75, 3.05) is 5.84 Å². The van der Waals surface area contributed by atoms with Crippen molar-refractivity contribution in [1.82, 2.24) is 24.8 Å². The van der Waals surface area contributed by atoms with Crippen LogP contribution in [0.4, 0.5) is 0 Å². The maximum atomic E-state index is 6.17. The Morgan fingerprint density at radius 1 is 1.20 bits per heavy atom. The minimum atomic E-state index is 0.491. The van der Waals surface area contributed by atoms with Crippen molar-refractivity contribution >= 4 is 33.3 Å². The Kier molecular flexibility index (Phi) is 3.49. The van der Waals surface area contributed by atoms with Crippen molar-refractivity contribution in [3.05, 3.63) is 35.2 Å². The smallest absolute Gasteiger partial charge is 0.218 e. The summed E-state index contributed by atoms with van der Waals surface area (Å²) in [5, 5.41) is 10.9. The largest absolute Gasteiger partial charge is 0.461 e. The van der Waals surface area contributed by atoms with Gasteiger partial charge < -0.3 is 10.3 Å². The molecule has 0 unspecified atom stereocenters. The number of aromatic nitrogens is 5. The zero-order valence-electron chi connectivity index (χ0n) is 13.2. The summed E-state index contributed by atoms with van der Waals surface area (Å²) in [7, 11) is 0. The first-order chi connectivity index (χ1) is 12.3. The minimum absolute atomic E-state index is 0.491. The number of rotatable bonds is 3. The van der Waals surface area contributed by atoms with E-state index in [0.29, 0.717) is 16.7 Å². The summed E-state index contributed by atoms with van der Waals surface area (Å²) in [5.74, 6) is 7.25. The fourth-order valence-corrected chi connectivity index (χ4v) is 5.30. The van der Waals surface area contributed by atoms with Crippen LogP contribution in [0.2, 0.25) is 0 Å². The van der Waals surface area contributed by atoms with Gasteiger partial charge in [0.05, 0.1) is 6.26 Å². The van der Waals surface area contributed by atoms with Crippen molar-refractivity contribution < 1.29 is 4.42 Å². The third kappa shape index (κ3) is 2.42. The minimum Gasteiger partial charge on any atom is -0.461 e. The molecule has 0 aliphatic heterocycles. The highest BCUT2D eigenvalue weighted by atomic mass is 32.2. The molecule has 126 valence electrons. The predicted molar refractivity (Wildman–Crippen MR) is 96.1 cm³/mol. The Hall–Kier alpha value is -2.39. The van der Waals surface area contributed by atoms with Gasteiger partial charge >= 0.3 is 0 Å². The Morgan fingerprint density at radius 2 is 2.12 bits per heavy atom. The molecule has 0 saturated heterocycles. The SMILES string of the molecule is Nn1c(Sc2ncnc3sc4c(c23)CCCC4)nnc1-c1ccco1. The normalized spacial score (nSPS) is 14.1. The number of furan rings is 1. The van der Waals surface area contributed by atoms with Gasteiger partial charge in [-0.2, -0.15) is 0 Å². The lowest BCUT2D eigenvalue weighted by Gasteiger charge is -2.11. The lowest BCUT2D eigenvalue weighted by Crippen LogP contribution is -2.11. The van der Waals surface area contributed by atoms with E-state index in [9.17, 15) is 0 Å². The lowest BCUT2D eigenvalue weighted by atomic mass is 9.97. The molecule has 0 fully saturated rings. The Morgan fingerprint density at radius 3 is 3.00 bits per heavy atom. The molecule has 25 heavy (non-hydrogen) atoms. The van der Waals surface area contributed by atoms with E-state index < -0.39 is 0 Å². The molecule has 0 bridgehead atoms. The lowest BCUT2D eigenvalue weighted by molar-refractivity contribution is 0.574. The number of fused-ring (bicyclic) bond motifs is 3. The molecular formula is C16H14N6OS2. The Labute approximate surface area is 151 Å². The zero-order valence-corrected chi connectivity index (χ0v) is 14.8. The van der Waals surface area contributed by atoms with Gasteiger partial charge in [0.1, 0.15) is 16.2 Å². The van der Waals surface area contributed by atoms with Gasteiger partial charge in [0, 0.05) is 10.3 Å². The molecule has 0 amide bonds. The van der Waals surface area contributed by atoms with Crippen LogP contribution in [0.5, 0.6) is 0 Å². The van der Waals surface area contributed by atoms with Crippen LogP contribution >= 0.6 is 23.1 Å². The molecule has 5 rings (SSSR count). The second kappa shape index (κ2) is 5.85. The van der Waals surface area contributed by atoms with Crippen LogP contribution in [0.25, 0.3) is 21.8 Å². The molecule has 1 aliphatic carbocycles. The van der Waals surface area contributed by atoms with Gasteiger partial charge in [-0.3, -0.25) is 0 Å². The summed E-state index contributed by atoms with van der Waals surface area (Å²) in [6.07, 6.45) is 7.88. The van der Waals surface area contributed by atoms with Crippen molar-refractivity contribution in [3.63, 3.8) is 0 Å². The van der Waals surface area contributed by atoms with Crippen LogP contribution in [0.1, 0.15) is 23.3 Å². The molecule has 9 heteroatoms. The van der Waals surface area contributed by atoms with Crippen LogP contribution in [0.15, 0.2) is 39.3 Å². The first-order valence-corrected chi connectivity index (χ1v) is 9.62. The van der Waals surface area contributed by atoms with Gasteiger partial charge in [-0.1, -0.05) is 0 Å². The van der Waals surface area contributed by atoms with Gasteiger partial charge in [-0.05, 0) is 55.1 Å². The number of nitrogens with zero attached hydrogens (tertiary/aromatic N) is 5. The van der Waals surface area contributed by atoms with Gasteiger partial charge in [-0.15, -0.1) is 21.5 Å². The summed E-state index contributed by atoms with van der Waals surface area (Å²) in [5.41, 5.74) is 1.39. The summed E-state index contributed by atoms with van der Waals surface area (Å²) in [6.45, 7) is 0. The third-order valence-electron chi connectivity index (χ3n) is 4.31. The summed E-state index contributed by atoms with van der Waals surface area (Å²) < 4.78 is 6.80. The third-order valence-corrected chi connectivity index (χ3v) is 6.47. The zero-order chi connectivity index (χ0) is 16.8. The molecule has 1 aliphatic rings. The fourth-order valence-electron chi connectivity index (χ4n) is 3.15. The van der Waals surface area contributed by atoms with Crippen LogP contribution < -0.4 is 5.84 Å². The number of hydrogen-bond donors (Lipinski definition) is 1. The summed E-state index contributed by atoms with van der Waals surface area (Å²) >= 11 is 3.20.